The first-order chi connectivity index (χ1) is 12.4. The van der Waals surface area contributed by atoms with Gasteiger partial charge in [0, 0.05) is 23.7 Å². The number of nitrogens with one attached hydrogen (secondary N) is 2. The summed E-state index contributed by atoms with van der Waals surface area (Å²) in [6.45, 7) is 0.342. The summed E-state index contributed by atoms with van der Waals surface area (Å²) in [5, 5.41) is 6.60. The molecule has 1 aromatic heterocycles. The average molecular weight is 385 g/mol. The normalized spacial score (nSPS) is 15.7. The van der Waals surface area contributed by atoms with Crippen LogP contribution in [-0.4, -0.2) is 16.0 Å². The molecule has 0 bridgehead atoms. The van der Waals surface area contributed by atoms with Crippen LogP contribution in [-0.2, 0) is 12.7 Å². The molecule has 1 saturated carbocycles. The van der Waals surface area contributed by atoms with Gasteiger partial charge in [-0.3, -0.25) is 0 Å². The third kappa shape index (κ3) is 5.24. The van der Waals surface area contributed by atoms with Crippen LogP contribution in [0.2, 0.25) is 5.02 Å². The lowest BCUT2D eigenvalue weighted by atomic mass is 9.96. The van der Waals surface area contributed by atoms with Gasteiger partial charge < -0.3 is 10.6 Å². The van der Waals surface area contributed by atoms with Crippen molar-refractivity contribution in [1.29, 1.82) is 0 Å². The maximum absolute atomic E-state index is 13.2. The first-order valence-corrected chi connectivity index (χ1v) is 8.99. The van der Waals surface area contributed by atoms with Gasteiger partial charge in [0.1, 0.15) is 5.82 Å². The van der Waals surface area contributed by atoms with E-state index >= 15 is 0 Å². The van der Waals surface area contributed by atoms with Crippen molar-refractivity contribution in [3.05, 3.63) is 46.6 Å². The van der Waals surface area contributed by atoms with Crippen LogP contribution in [0.5, 0.6) is 0 Å². The summed E-state index contributed by atoms with van der Waals surface area (Å²) in [6.07, 6.45) is 0.620. The zero-order valence-corrected chi connectivity index (χ0v) is 14.9. The van der Waals surface area contributed by atoms with Crippen molar-refractivity contribution in [3.63, 3.8) is 0 Å². The Balaban J connectivity index is 1.76. The Bertz CT molecular complexity index is 728. The molecular formula is C18H20ClF3N4. The van der Waals surface area contributed by atoms with E-state index in [1.165, 1.54) is 0 Å². The van der Waals surface area contributed by atoms with Gasteiger partial charge >= 0.3 is 6.18 Å². The molecular weight excluding hydrogens is 365 g/mol. The number of hydrogen-bond donors (Lipinski definition) is 2. The Morgan fingerprint density at radius 2 is 1.73 bits per heavy atom. The number of aromatic nitrogens is 2. The van der Waals surface area contributed by atoms with E-state index in [9.17, 15) is 13.2 Å². The van der Waals surface area contributed by atoms with E-state index in [0.29, 0.717) is 11.6 Å². The Labute approximate surface area is 155 Å². The number of benzene rings is 1. The fourth-order valence-corrected chi connectivity index (χ4v) is 3.10. The summed E-state index contributed by atoms with van der Waals surface area (Å²) >= 11 is 5.84. The summed E-state index contributed by atoms with van der Waals surface area (Å²) in [7, 11) is 0. The Hall–Kier alpha value is -2.02. The van der Waals surface area contributed by atoms with Crippen LogP contribution in [0.25, 0.3) is 0 Å². The van der Waals surface area contributed by atoms with E-state index in [1.807, 2.05) is 12.1 Å². The lowest BCUT2D eigenvalue weighted by molar-refractivity contribution is -0.141. The van der Waals surface area contributed by atoms with E-state index in [4.69, 9.17) is 11.6 Å². The predicted molar refractivity (Wildman–Crippen MR) is 96.3 cm³/mol. The van der Waals surface area contributed by atoms with Gasteiger partial charge in [-0.05, 0) is 30.5 Å². The zero-order valence-electron chi connectivity index (χ0n) is 14.1. The van der Waals surface area contributed by atoms with Crippen molar-refractivity contribution < 1.29 is 13.2 Å². The van der Waals surface area contributed by atoms with Crippen LogP contribution in [0.4, 0.5) is 24.9 Å². The summed E-state index contributed by atoms with van der Waals surface area (Å²) < 4.78 is 39.5. The third-order valence-corrected chi connectivity index (χ3v) is 4.59. The monoisotopic (exact) mass is 384 g/mol. The first-order valence-electron chi connectivity index (χ1n) is 8.61. The number of rotatable bonds is 5. The summed E-state index contributed by atoms with van der Waals surface area (Å²) in [6, 6.07) is 8.13. The molecule has 0 saturated heterocycles. The molecule has 1 aliphatic rings. The molecule has 1 fully saturated rings. The third-order valence-electron chi connectivity index (χ3n) is 4.34. The molecule has 2 N–H and O–H groups in total. The molecule has 140 valence electrons. The van der Waals surface area contributed by atoms with E-state index in [0.717, 1.165) is 43.7 Å². The van der Waals surface area contributed by atoms with E-state index < -0.39 is 11.9 Å². The minimum atomic E-state index is -4.53. The zero-order chi connectivity index (χ0) is 18.6. The smallest absolute Gasteiger partial charge is 0.366 e. The Morgan fingerprint density at radius 3 is 2.38 bits per heavy atom. The largest absolute Gasteiger partial charge is 0.433 e. The molecule has 0 aliphatic heterocycles. The lowest BCUT2D eigenvalue weighted by Gasteiger charge is -2.23. The fourth-order valence-electron chi connectivity index (χ4n) is 2.97. The van der Waals surface area contributed by atoms with Gasteiger partial charge in [0.2, 0.25) is 5.95 Å². The van der Waals surface area contributed by atoms with Crippen molar-refractivity contribution in [2.75, 3.05) is 10.6 Å². The molecule has 0 unspecified atom stereocenters. The molecule has 8 heteroatoms. The van der Waals surface area contributed by atoms with E-state index in [2.05, 4.69) is 20.6 Å². The van der Waals surface area contributed by atoms with E-state index in [1.54, 1.807) is 12.1 Å². The summed E-state index contributed by atoms with van der Waals surface area (Å²) in [5.41, 5.74) is -0.0622. The van der Waals surface area contributed by atoms with Gasteiger partial charge in [0.05, 0.1) is 0 Å². The second kappa shape index (κ2) is 8.12. The molecule has 1 aliphatic carbocycles. The highest BCUT2D eigenvalue weighted by molar-refractivity contribution is 6.30. The van der Waals surface area contributed by atoms with Crippen LogP contribution in [0.3, 0.4) is 0 Å². The number of halogens is 4. The second-order valence-electron chi connectivity index (χ2n) is 6.42. The van der Waals surface area contributed by atoms with Crippen LogP contribution in [0, 0.1) is 0 Å². The van der Waals surface area contributed by atoms with Gasteiger partial charge in [-0.25, -0.2) is 4.98 Å². The lowest BCUT2D eigenvalue weighted by Crippen LogP contribution is -2.24. The second-order valence-corrected chi connectivity index (χ2v) is 6.86. The van der Waals surface area contributed by atoms with E-state index in [-0.39, 0.29) is 17.8 Å². The topological polar surface area (TPSA) is 49.8 Å². The number of anilines is 2. The first kappa shape index (κ1) is 18.8. The molecule has 1 aromatic carbocycles. The molecule has 0 radical (unpaired) electrons. The van der Waals surface area contributed by atoms with Crippen molar-refractivity contribution in [3.8, 4) is 0 Å². The van der Waals surface area contributed by atoms with Crippen LogP contribution < -0.4 is 10.6 Å². The highest BCUT2D eigenvalue weighted by Gasteiger charge is 2.34. The molecule has 4 nitrogen and oxygen atoms in total. The van der Waals surface area contributed by atoms with Crippen LogP contribution >= 0.6 is 11.6 Å². The fraction of sp³-hybridized carbons (Fsp3) is 0.444. The number of hydrogen-bond acceptors (Lipinski definition) is 4. The Kier molecular flexibility index (Phi) is 5.86. The predicted octanol–water partition coefficient (Wildman–Crippen LogP) is 5.51. The molecule has 0 spiro atoms. The molecule has 2 aromatic rings. The maximum atomic E-state index is 13.2. The molecule has 1 heterocycles. The highest BCUT2D eigenvalue weighted by Crippen LogP contribution is 2.30. The van der Waals surface area contributed by atoms with Gasteiger partial charge in [0.15, 0.2) is 5.69 Å². The van der Waals surface area contributed by atoms with Gasteiger partial charge in [-0.2, -0.15) is 18.2 Å². The van der Waals surface area contributed by atoms with Gasteiger partial charge in [0.25, 0.3) is 0 Å². The minimum Gasteiger partial charge on any atom is -0.366 e. The summed E-state index contributed by atoms with van der Waals surface area (Å²) in [4.78, 5) is 7.87. The SMILES string of the molecule is FC(F)(F)c1cc(NCc2ccc(Cl)cc2)nc(NC2CCCCC2)n1. The molecule has 0 atom stereocenters. The standard InChI is InChI=1S/C18H20ClF3N4/c19-13-8-6-12(7-9-13)11-23-16-10-15(18(20,21)22)25-17(26-16)24-14-4-2-1-3-5-14/h6-10,14H,1-5,11H2,(H2,23,24,25,26). The van der Waals surface area contributed by atoms with Crippen molar-refractivity contribution in [2.45, 2.75) is 50.9 Å². The molecule has 26 heavy (non-hydrogen) atoms. The van der Waals surface area contributed by atoms with Crippen LogP contribution in [0.15, 0.2) is 30.3 Å². The van der Waals surface area contributed by atoms with Crippen molar-refractivity contribution in [1.82, 2.24) is 9.97 Å². The van der Waals surface area contributed by atoms with Crippen molar-refractivity contribution in [2.24, 2.45) is 0 Å². The minimum absolute atomic E-state index is 0.0188. The maximum Gasteiger partial charge on any atom is 0.433 e. The Morgan fingerprint density at radius 1 is 1.04 bits per heavy atom. The number of nitrogens with zero attached hydrogens (tertiary/aromatic N) is 2. The molecule has 3 rings (SSSR count). The average Bonchev–Trinajstić information content (AvgIpc) is 2.61. The van der Waals surface area contributed by atoms with Gasteiger partial charge in [-0.1, -0.05) is 43.0 Å². The van der Waals surface area contributed by atoms with Crippen molar-refractivity contribution >= 4 is 23.4 Å². The van der Waals surface area contributed by atoms with Gasteiger partial charge in [-0.15, -0.1) is 0 Å². The summed E-state index contributed by atoms with van der Waals surface area (Å²) in [5.74, 6) is 0.158. The molecule has 0 amide bonds. The number of alkyl halides is 3. The quantitative estimate of drug-likeness (QED) is 0.714. The van der Waals surface area contributed by atoms with Crippen LogP contribution in [0.1, 0.15) is 43.4 Å². The highest BCUT2D eigenvalue weighted by atomic mass is 35.5.